The number of halogens is 1. The molecule has 0 aliphatic carbocycles. The molecule has 5 nitrogen and oxygen atoms in total. The van der Waals surface area contributed by atoms with Gasteiger partial charge in [0.1, 0.15) is 0 Å². The van der Waals surface area contributed by atoms with Crippen molar-refractivity contribution in [1.29, 1.82) is 0 Å². The number of H-pyrrole nitrogens is 1. The van der Waals surface area contributed by atoms with Crippen LogP contribution in [0.25, 0.3) is 17.1 Å². The summed E-state index contributed by atoms with van der Waals surface area (Å²) < 4.78 is 1.00. The molecule has 118 valence electrons. The Hall–Kier alpha value is -2.38. The third-order valence-corrected chi connectivity index (χ3v) is 4.84. The molecule has 0 bridgehead atoms. The number of hydrogen-bond donors (Lipinski definition) is 2. The summed E-state index contributed by atoms with van der Waals surface area (Å²) in [5.41, 5.74) is 2.72. The molecule has 1 saturated heterocycles. The van der Waals surface area contributed by atoms with Crippen LogP contribution in [0.15, 0.2) is 62.9 Å². The minimum Gasteiger partial charge on any atom is -0.322 e. The maximum atomic E-state index is 12.1. The van der Waals surface area contributed by atoms with Crippen molar-refractivity contribution in [1.82, 2.24) is 15.3 Å². The second-order valence-electron chi connectivity index (χ2n) is 5.11. The SMILES string of the molecule is O=C1N/C(=N\c2nc3ccccc3[nH]2)S/C1=C/c1ccc(Br)cc1. The normalized spacial score (nSPS) is 17.8. The van der Waals surface area contributed by atoms with E-state index in [9.17, 15) is 4.79 Å². The molecule has 3 aromatic rings. The quantitative estimate of drug-likeness (QED) is 0.634. The van der Waals surface area contributed by atoms with Crippen LogP contribution in [-0.2, 0) is 4.79 Å². The van der Waals surface area contributed by atoms with Crippen LogP contribution in [0.1, 0.15) is 5.56 Å². The Balaban J connectivity index is 1.60. The highest BCUT2D eigenvalue weighted by atomic mass is 79.9. The van der Waals surface area contributed by atoms with E-state index in [0.29, 0.717) is 16.0 Å². The molecule has 0 spiro atoms. The van der Waals surface area contributed by atoms with Gasteiger partial charge in [-0.2, -0.15) is 4.99 Å². The van der Waals surface area contributed by atoms with Crippen LogP contribution in [0.5, 0.6) is 0 Å². The number of carbonyl (C=O) groups excluding carboxylic acids is 1. The minimum absolute atomic E-state index is 0.155. The topological polar surface area (TPSA) is 70.1 Å². The van der Waals surface area contributed by atoms with Gasteiger partial charge in [0, 0.05) is 4.47 Å². The summed E-state index contributed by atoms with van der Waals surface area (Å²) in [5.74, 6) is 0.321. The molecule has 2 aromatic carbocycles. The average Bonchev–Trinajstić information content (AvgIpc) is 3.12. The van der Waals surface area contributed by atoms with Gasteiger partial charge in [0.25, 0.3) is 5.91 Å². The third kappa shape index (κ3) is 3.13. The number of amidine groups is 1. The number of aromatic amines is 1. The van der Waals surface area contributed by atoms with E-state index in [2.05, 4.69) is 36.2 Å². The standard InChI is InChI=1S/C17H11BrN4OS/c18-11-7-5-10(6-8-11)9-14-15(23)21-17(24-14)22-16-19-12-3-1-2-4-13(12)20-16/h1-9H,(H2,19,20,21,22,23)/b14-9+. The Bertz CT molecular complexity index is 958. The molecule has 0 unspecified atom stereocenters. The number of aliphatic imine (C=N–C) groups is 1. The van der Waals surface area contributed by atoms with Gasteiger partial charge in [0.05, 0.1) is 15.9 Å². The number of nitrogens with zero attached hydrogens (tertiary/aromatic N) is 2. The molecule has 1 fully saturated rings. The number of fused-ring (bicyclic) bond motifs is 1. The zero-order valence-corrected chi connectivity index (χ0v) is 14.7. The lowest BCUT2D eigenvalue weighted by Crippen LogP contribution is -2.19. The fourth-order valence-corrected chi connectivity index (χ4v) is 3.37. The number of aromatic nitrogens is 2. The Morgan fingerprint density at radius 1 is 1.12 bits per heavy atom. The summed E-state index contributed by atoms with van der Waals surface area (Å²) >= 11 is 4.70. The van der Waals surface area contributed by atoms with E-state index in [1.165, 1.54) is 11.8 Å². The Kier molecular flexibility index (Phi) is 3.95. The summed E-state index contributed by atoms with van der Waals surface area (Å²) in [6, 6.07) is 15.5. The molecule has 1 aromatic heterocycles. The monoisotopic (exact) mass is 398 g/mol. The first-order valence-electron chi connectivity index (χ1n) is 7.17. The van der Waals surface area contributed by atoms with Crippen molar-refractivity contribution in [2.75, 3.05) is 0 Å². The fraction of sp³-hybridized carbons (Fsp3) is 0. The Labute approximate surface area is 150 Å². The van der Waals surface area contributed by atoms with Gasteiger partial charge in [-0.15, -0.1) is 0 Å². The van der Waals surface area contributed by atoms with Crippen LogP contribution < -0.4 is 5.32 Å². The van der Waals surface area contributed by atoms with E-state index >= 15 is 0 Å². The van der Waals surface area contributed by atoms with E-state index in [4.69, 9.17) is 0 Å². The number of nitrogens with one attached hydrogen (secondary N) is 2. The maximum absolute atomic E-state index is 12.1. The van der Waals surface area contributed by atoms with Crippen molar-refractivity contribution in [2.24, 2.45) is 4.99 Å². The van der Waals surface area contributed by atoms with Crippen molar-refractivity contribution in [3.63, 3.8) is 0 Å². The van der Waals surface area contributed by atoms with E-state index in [1.807, 2.05) is 54.6 Å². The van der Waals surface area contributed by atoms with Crippen molar-refractivity contribution in [2.45, 2.75) is 0 Å². The predicted molar refractivity (Wildman–Crippen MR) is 101 cm³/mol. The summed E-state index contributed by atoms with van der Waals surface area (Å²) in [7, 11) is 0. The summed E-state index contributed by atoms with van der Waals surface area (Å²) in [6.45, 7) is 0. The van der Waals surface area contributed by atoms with E-state index in [-0.39, 0.29) is 5.91 Å². The number of benzene rings is 2. The van der Waals surface area contributed by atoms with Gasteiger partial charge in [-0.3, -0.25) is 4.79 Å². The van der Waals surface area contributed by atoms with Crippen LogP contribution in [0.4, 0.5) is 5.95 Å². The summed E-state index contributed by atoms with van der Waals surface area (Å²) in [5, 5.41) is 3.28. The van der Waals surface area contributed by atoms with Crippen LogP contribution >= 0.6 is 27.7 Å². The highest BCUT2D eigenvalue weighted by molar-refractivity contribution is 9.10. The van der Waals surface area contributed by atoms with Gasteiger partial charge in [-0.1, -0.05) is 40.2 Å². The molecule has 1 aliphatic rings. The third-order valence-electron chi connectivity index (χ3n) is 3.40. The smallest absolute Gasteiger partial charge is 0.264 e. The lowest BCUT2D eigenvalue weighted by molar-refractivity contribution is -0.115. The van der Waals surface area contributed by atoms with Gasteiger partial charge in [-0.25, -0.2) is 4.98 Å². The lowest BCUT2D eigenvalue weighted by atomic mass is 10.2. The fourth-order valence-electron chi connectivity index (χ4n) is 2.28. The number of hydrogen-bond acceptors (Lipinski definition) is 4. The molecular weight excluding hydrogens is 388 g/mol. The second-order valence-corrected chi connectivity index (χ2v) is 7.06. The number of imidazole rings is 1. The molecule has 2 heterocycles. The average molecular weight is 399 g/mol. The molecule has 7 heteroatoms. The maximum Gasteiger partial charge on any atom is 0.264 e. The first-order valence-corrected chi connectivity index (χ1v) is 8.78. The van der Waals surface area contributed by atoms with Crippen LogP contribution in [-0.4, -0.2) is 21.0 Å². The van der Waals surface area contributed by atoms with Crippen LogP contribution in [0, 0.1) is 0 Å². The van der Waals surface area contributed by atoms with Crippen molar-refractivity contribution >= 4 is 61.8 Å². The van der Waals surface area contributed by atoms with Crippen LogP contribution in [0.2, 0.25) is 0 Å². The van der Waals surface area contributed by atoms with Gasteiger partial charge < -0.3 is 10.3 Å². The number of thioether (sulfide) groups is 1. The van der Waals surface area contributed by atoms with Gasteiger partial charge in [0.2, 0.25) is 5.95 Å². The molecule has 0 saturated carbocycles. The number of amides is 1. The van der Waals surface area contributed by atoms with Gasteiger partial charge in [-0.05, 0) is 47.7 Å². The molecule has 0 radical (unpaired) electrons. The van der Waals surface area contributed by atoms with Crippen molar-refractivity contribution in [3.8, 4) is 0 Å². The minimum atomic E-state index is -0.155. The molecule has 2 N–H and O–H groups in total. The highest BCUT2D eigenvalue weighted by Gasteiger charge is 2.24. The predicted octanol–water partition coefficient (Wildman–Crippen LogP) is 4.22. The Morgan fingerprint density at radius 2 is 1.92 bits per heavy atom. The molecule has 24 heavy (non-hydrogen) atoms. The van der Waals surface area contributed by atoms with E-state index in [0.717, 1.165) is 21.1 Å². The zero-order valence-electron chi connectivity index (χ0n) is 12.3. The second kappa shape index (κ2) is 6.26. The van der Waals surface area contributed by atoms with Crippen molar-refractivity contribution in [3.05, 3.63) is 63.5 Å². The van der Waals surface area contributed by atoms with E-state index < -0.39 is 0 Å². The largest absolute Gasteiger partial charge is 0.322 e. The van der Waals surface area contributed by atoms with Gasteiger partial charge in [0.15, 0.2) is 5.17 Å². The van der Waals surface area contributed by atoms with Crippen LogP contribution in [0.3, 0.4) is 0 Å². The molecule has 0 atom stereocenters. The first kappa shape index (κ1) is 15.2. The number of carbonyl (C=O) groups is 1. The van der Waals surface area contributed by atoms with Gasteiger partial charge >= 0.3 is 0 Å². The lowest BCUT2D eigenvalue weighted by Gasteiger charge is -1.95. The highest BCUT2D eigenvalue weighted by Crippen LogP contribution is 2.28. The molecule has 1 amide bonds. The molecular formula is C17H11BrN4OS. The summed E-state index contributed by atoms with van der Waals surface area (Å²) in [6.07, 6.45) is 1.84. The molecule has 1 aliphatic heterocycles. The van der Waals surface area contributed by atoms with Crippen molar-refractivity contribution < 1.29 is 4.79 Å². The van der Waals surface area contributed by atoms with E-state index in [1.54, 1.807) is 0 Å². The number of para-hydroxylation sites is 2. The zero-order chi connectivity index (χ0) is 16.5. The number of rotatable bonds is 2. The summed E-state index contributed by atoms with van der Waals surface area (Å²) in [4.78, 5) is 24.6. The first-order chi connectivity index (χ1) is 11.7. The molecule has 4 rings (SSSR count). The Morgan fingerprint density at radius 3 is 2.71 bits per heavy atom.